The van der Waals surface area contributed by atoms with E-state index >= 15 is 0 Å². The second kappa shape index (κ2) is 8.71. The van der Waals surface area contributed by atoms with E-state index < -0.39 is 11.7 Å². The van der Waals surface area contributed by atoms with Gasteiger partial charge in [-0.05, 0) is 51.7 Å². The number of hydrogen-bond acceptors (Lipinski definition) is 4. The van der Waals surface area contributed by atoms with Crippen molar-refractivity contribution in [2.45, 2.75) is 53.6 Å². The molecule has 0 saturated heterocycles. The zero-order chi connectivity index (χ0) is 18.3. The fourth-order valence-corrected chi connectivity index (χ4v) is 2.26. The molecule has 0 fully saturated rings. The van der Waals surface area contributed by atoms with Crippen LogP contribution >= 0.6 is 0 Å². The lowest BCUT2D eigenvalue weighted by atomic mass is 10.1. The van der Waals surface area contributed by atoms with Crippen LogP contribution < -0.4 is 10.1 Å². The Hall–Kier alpha value is -2.04. The minimum absolute atomic E-state index is 0.0252. The summed E-state index contributed by atoms with van der Waals surface area (Å²) in [6.07, 6.45) is -0.226. The molecule has 0 aliphatic rings. The van der Waals surface area contributed by atoms with Crippen molar-refractivity contribution in [3.63, 3.8) is 0 Å². The topological polar surface area (TPSA) is 64.6 Å². The number of Topliss-reactive ketones (excluding diaryl/α,β-unsaturated/α-hetero) is 1. The minimum Gasteiger partial charge on any atom is -0.493 e. The molecule has 0 saturated carbocycles. The molecule has 0 aromatic heterocycles. The van der Waals surface area contributed by atoms with Gasteiger partial charge in [0, 0.05) is 6.42 Å². The molecule has 0 aliphatic heterocycles. The summed E-state index contributed by atoms with van der Waals surface area (Å²) in [6, 6.07) is 6.00. The van der Waals surface area contributed by atoms with E-state index in [1.54, 1.807) is 20.8 Å². The van der Waals surface area contributed by atoms with Crippen molar-refractivity contribution in [1.29, 1.82) is 0 Å². The van der Waals surface area contributed by atoms with Crippen LogP contribution in [0.3, 0.4) is 0 Å². The number of aryl methyl sites for hydroxylation is 2. The molecule has 1 rings (SSSR count). The van der Waals surface area contributed by atoms with Gasteiger partial charge < -0.3 is 14.8 Å². The molecule has 1 aromatic carbocycles. The molecule has 0 spiro atoms. The monoisotopic (exact) mass is 335 g/mol. The number of rotatable bonds is 7. The summed E-state index contributed by atoms with van der Waals surface area (Å²) in [5.74, 6) is 0.902. The summed E-state index contributed by atoms with van der Waals surface area (Å²) in [4.78, 5) is 23.5. The van der Waals surface area contributed by atoms with Crippen LogP contribution in [-0.2, 0) is 9.53 Å². The van der Waals surface area contributed by atoms with Crippen LogP contribution in [0.15, 0.2) is 18.2 Å². The Balaban J connectivity index is 2.36. The summed E-state index contributed by atoms with van der Waals surface area (Å²) in [5.41, 5.74) is 1.60. The smallest absolute Gasteiger partial charge is 0.408 e. The number of alkyl carbamates (subject to hydrolysis) is 1. The first-order chi connectivity index (χ1) is 11.1. The number of ether oxygens (including phenoxy) is 2. The molecule has 0 aliphatic carbocycles. The fraction of sp³-hybridized carbons (Fsp3) is 0.579. The van der Waals surface area contributed by atoms with Crippen LogP contribution in [0.25, 0.3) is 0 Å². The molecule has 1 amide bonds. The molecule has 0 radical (unpaired) electrons. The Bertz CT molecular complexity index is 555. The minimum atomic E-state index is -0.574. The predicted octanol–water partition coefficient (Wildman–Crippen LogP) is 3.80. The molecule has 1 atom stereocenters. The molecule has 5 heteroatoms. The Kier molecular flexibility index (Phi) is 7.26. The number of amides is 1. The zero-order valence-corrected chi connectivity index (χ0v) is 15.6. The van der Waals surface area contributed by atoms with Gasteiger partial charge in [0.05, 0.1) is 13.2 Å². The van der Waals surface area contributed by atoms with Gasteiger partial charge in [-0.2, -0.15) is 0 Å². The zero-order valence-electron chi connectivity index (χ0n) is 15.6. The Morgan fingerprint density at radius 3 is 2.29 bits per heavy atom. The van der Waals surface area contributed by atoms with Crippen LogP contribution in [0.5, 0.6) is 5.75 Å². The molecule has 5 nitrogen and oxygen atoms in total. The summed E-state index contributed by atoms with van der Waals surface area (Å²) in [6.45, 7) is 11.7. The number of carbonyl (C=O) groups excluding carboxylic acids is 2. The summed E-state index contributed by atoms with van der Waals surface area (Å²) in [7, 11) is 0. The van der Waals surface area contributed by atoms with E-state index in [-0.39, 0.29) is 18.2 Å². The molecule has 0 bridgehead atoms. The van der Waals surface area contributed by atoms with Gasteiger partial charge in [0.15, 0.2) is 5.78 Å². The number of hydrogen-bond donors (Lipinski definition) is 1. The lowest BCUT2D eigenvalue weighted by Gasteiger charge is -2.19. The highest BCUT2D eigenvalue weighted by Gasteiger charge is 2.17. The SMILES string of the molecule is Cc1cccc(C)c1OCC(C)CC(=O)CNC(=O)OC(C)(C)C. The van der Waals surface area contributed by atoms with E-state index in [0.29, 0.717) is 13.0 Å². The molecule has 24 heavy (non-hydrogen) atoms. The summed E-state index contributed by atoms with van der Waals surface area (Å²) in [5, 5.41) is 2.48. The second-order valence-electron chi connectivity index (χ2n) is 7.24. The number of ketones is 1. The van der Waals surface area contributed by atoms with Crippen molar-refractivity contribution in [3.8, 4) is 5.75 Å². The molecule has 0 heterocycles. The number of para-hydroxylation sites is 1. The van der Waals surface area contributed by atoms with Gasteiger partial charge >= 0.3 is 6.09 Å². The third-order valence-corrected chi connectivity index (χ3v) is 3.33. The maximum absolute atomic E-state index is 11.9. The normalized spacial score (nSPS) is 12.4. The number of nitrogens with one attached hydrogen (secondary N) is 1. The molecular weight excluding hydrogens is 306 g/mol. The van der Waals surface area contributed by atoms with E-state index in [4.69, 9.17) is 9.47 Å². The third-order valence-electron chi connectivity index (χ3n) is 3.33. The number of carbonyl (C=O) groups is 2. The first-order valence-electron chi connectivity index (χ1n) is 8.26. The second-order valence-corrected chi connectivity index (χ2v) is 7.24. The Morgan fingerprint density at radius 1 is 1.17 bits per heavy atom. The van der Waals surface area contributed by atoms with Gasteiger partial charge in [-0.25, -0.2) is 4.79 Å². The van der Waals surface area contributed by atoms with Crippen LogP contribution in [0, 0.1) is 19.8 Å². The highest BCUT2D eigenvalue weighted by atomic mass is 16.6. The molecule has 1 N–H and O–H groups in total. The highest BCUT2D eigenvalue weighted by Crippen LogP contribution is 2.23. The van der Waals surface area contributed by atoms with Crippen molar-refractivity contribution >= 4 is 11.9 Å². The largest absolute Gasteiger partial charge is 0.493 e. The molecular formula is C19H29NO4. The van der Waals surface area contributed by atoms with E-state index in [2.05, 4.69) is 5.32 Å². The average Bonchev–Trinajstić information content (AvgIpc) is 2.43. The quantitative estimate of drug-likeness (QED) is 0.823. The summed E-state index contributed by atoms with van der Waals surface area (Å²) < 4.78 is 11.0. The fourth-order valence-electron chi connectivity index (χ4n) is 2.26. The van der Waals surface area contributed by atoms with Crippen LogP contribution in [0.2, 0.25) is 0 Å². The van der Waals surface area contributed by atoms with Crippen LogP contribution in [-0.4, -0.2) is 30.6 Å². The lowest BCUT2D eigenvalue weighted by Crippen LogP contribution is -2.36. The Labute approximate surface area is 144 Å². The van der Waals surface area contributed by atoms with Gasteiger partial charge in [-0.3, -0.25) is 4.79 Å². The van der Waals surface area contributed by atoms with E-state index in [1.165, 1.54) is 0 Å². The molecule has 1 aromatic rings. The number of benzene rings is 1. The predicted molar refractivity (Wildman–Crippen MR) is 94.4 cm³/mol. The Morgan fingerprint density at radius 2 is 1.75 bits per heavy atom. The average molecular weight is 335 g/mol. The standard InChI is InChI=1S/C19H29NO4/c1-13(12-23-17-14(2)8-7-9-15(17)3)10-16(21)11-20-18(22)24-19(4,5)6/h7-9,13H,10-12H2,1-6H3,(H,20,22). The van der Waals surface area contributed by atoms with Gasteiger partial charge in [-0.15, -0.1) is 0 Å². The van der Waals surface area contributed by atoms with E-state index in [9.17, 15) is 9.59 Å². The first kappa shape index (κ1) is 20.0. The van der Waals surface area contributed by atoms with Crippen molar-refractivity contribution in [2.24, 2.45) is 5.92 Å². The lowest BCUT2D eigenvalue weighted by molar-refractivity contribution is -0.119. The van der Waals surface area contributed by atoms with Crippen LogP contribution in [0.4, 0.5) is 4.79 Å². The van der Waals surface area contributed by atoms with Gasteiger partial charge in [-0.1, -0.05) is 25.1 Å². The van der Waals surface area contributed by atoms with Crippen molar-refractivity contribution in [2.75, 3.05) is 13.2 Å². The van der Waals surface area contributed by atoms with Crippen molar-refractivity contribution < 1.29 is 19.1 Å². The van der Waals surface area contributed by atoms with Crippen LogP contribution in [0.1, 0.15) is 45.2 Å². The third kappa shape index (κ3) is 7.49. The maximum atomic E-state index is 11.9. The van der Waals surface area contributed by atoms with Gasteiger partial charge in [0.25, 0.3) is 0 Å². The molecule has 1 unspecified atom stereocenters. The van der Waals surface area contributed by atoms with Gasteiger partial charge in [0.2, 0.25) is 0 Å². The van der Waals surface area contributed by atoms with Crippen molar-refractivity contribution in [3.05, 3.63) is 29.3 Å². The van der Waals surface area contributed by atoms with E-state index in [1.807, 2.05) is 39.0 Å². The summed E-state index contributed by atoms with van der Waals surface area (Å²) >= 11 is 0. The highest BCUT2D eigenvalue weighted by molar-refractivity contribution is 5.84. The van der Waals surface area contributed by atoms with E-state index in [0.717, 1.165) is 16.9 Å². The maximum Gasteiger partial charge on any atom is 0.408 e. The molecule has 134 valence electrons. The van der Waals surface area contributed by atoms with Crippen molar-refractivity contribution in [1.82, 2.24) is 5.32 Å². The van der Waals surface area contributed by atoms with Gasteiger partial charge in [0.1, 0.15) is 11.4 Å². The first-order valence-corrected chi connectivity index (χ1v) is 8.26.